The summed E-state index contributed by atoms with van der Waals surface area (Å²) in [4.78, 5) is 25.4. The van der Waals surface area contributed by atoms with Gasteiger partial charge in [-0.2, -0.15) is 8.78 Å². The first-order valence-corrected chi connectivity index (χ1v) is 10.4. The Morgan fingerprint density at radius 1 is 1.29 bits per heavy atom. The molecule has 0 aliphatic carbocycles. The predicted molar refractivity (Wildman–Crippen MR) is 97.5 cm³/mol. The minimum atomic E-state index is -3.13. The summed E-state index contributed by atoms with van der Waals surface area (Å²) in [5, 5.41) is 0. The Kier molecular flexibility index (Phi) is 7.50. The van der Waals surface area contributed by atoms with Crippen LogP contribution in [0.2, 0.25) is 0 Å². The summed E-state index contributed by atoms with van der Waals surface area (Å²) in [5.41, 5.74) is 0.552. The highest BCUT2D eigenvalue weighted by molar-refractivity contribution is 7.91. The fourth-order valence-corrected chi connectivity index (χ4v) is 4.58. The van der Waals surface area contributed by atoms with E-state index in [4.69, 9.17) is 4.74 Å². The summed E-state index contributed by atoms with van der Waals surface area (Å²) >= 11 is 0. The lowest BCUT2D eigenvalue weighted by atomic mass is 10.2. The fourth-order valence-electron chi connectivity index (χ4n) is 2.85. The largest absolute Gasteiger partial charge is 0.452 e. The van der Waals surface area contributed by atoms with Gasteiger partial charge in [0.25, 0.3) is 5.91 Å². The average molecular weight is 417 g/mol. The van der Waals surface area contributed by atoms with E-state index < -0.39 is 41.0 Å². The number of carbonyl (C=O) groups excluding carboxylic acids is 2. The van der Waals surface area contributed by atoms with Gasteiger partial charge in [0, 0.05) is 18.7 Å². The number of carbonyl (C=O) groups is 2. The van der Waals surface area contributed by atoms with Crippen molar-refractivity contribution in [3.8, 4) is 5.75 Å². The summed E-state index contributed by atoms with van der Waals surface area (Å²) in [5.74, 6) is -1.25. The molecule has 154 valence electrons. The molecule has 1 aliphatic heterocycles. The smallest absolute Gasteiger partial charge is 0.387 e. The molecule has 28 heavy (non-hydrogen) atoms. The molecule has 1 heterocycles. The monoisotopic (exact) mass is 417 g/mol. The highest BCUT2D eigenvalue weighted by Crippen LogP contribution is 2.18. The van der Waals surface area contributed by atoms with Crippen LogP contribution in [0.25, 0.3) is 6.08 Å². The molecule has 1 aromatic rings. The summed E-state index contributed by atoms with van der Waals surface area (Å²) in [6.07, 6.45) is 2.88. The van der Waals surface area contributed by atoms with Gasteiger partial charge in [-0.1, -0.05) is 12.1 Å². The standard InChI is InChI=1S/C18H21F2NO6S/c1-2-21(14-9-10-28(24,25)12-14)16(22)11-26-17(23)8-5-13-3-6-15(7-4-13)27-18(19)20/h3-8,14,18H,2,9-12H2,1H3/b8-5+/t14-/m0/s1. The highest BCUT2D eigenvalue weighted by atomic mass is 32.2. The van der Waals surface area contributed by atoms with E-state index in [0.29, 0.717) is 18.5 Å². The number of hydrogen-bond acceptors (Lipinski definition) is 6. The molecule has 0 aromatic heterocycles. The van der Waals surface area contributed by atoms with Crippen molar-refractivity contribution < 1.29 is 36.3 Å². The lowest BCUT2D eigenvalue weighted by Crippen LogP contribution is -2.43. The number of benzene rings is 1. The third-order valence-electron chi connectivity index (χ3n) is 4.17. The van der Waals surface area contributed by atoms with Crippen LogP contribution >= 0.6 is 0 Å². The maximum absolute atomic E-state index is 12.2. The molecule has 1 fully saturated rings. The number of rotatable bonds is 8. The molecule has 1 amide bonds. The van der Waals surface area contributed by atoms with Gasteiger partial charge in [-0.15, -0.1) is 0 Å². The molecule has 1 aliphatic rings. The van der Waals surface area contributed by atoms with Crippen LogP contribution in [0, 0.1) is 0 Å². The number of halogens is 2. The van der Waals surface area contributed by atoms with Crippen LogP contribution in [0.15, 0.2) is 30.3 Å². The first-order chi connectivity index (χ1) is 13.2. The SMILES string of the molecule is CCN(C(=O)COC(=O)/C=C/c1ccc(OC(F)F)cc1)[C@H]1CCS(=O)(=O)C1. The van der Waals surface area contributed by atoms with E-state index in [1.54, 1.807) is 6.92 Å². The molecule has 1 saturated heterocycles. The molecular formula is C18H21F2NO6S. The molecule has 1 aromatic carbocycles. The lowest BCUT2D eigenvalue weighted by Gasteiger charge is -2.26. The Morgan fingerprint density at radius 2 is 1.96 bits per heavy atom. The van der Waals surface area contributed by atoms with Gasteiger partial charge in [0.15, 0.2) is 16.4 Å². The van der Waals surface area contributed by atoms with Gasteiger partial charge in [-0.05, 0) is 37.1 Å². The third kappa shape index (κ3) is 6.59. The Morgan fingerprint density at radius 3 is 2.50 bits per heavy atom. The zero-order valence-electron chi connectivity index (χ0n) is 15.2. The second-order valence-corrected chi connectivity index (χ2v) is 8.35. The van der Waals surface area contributed by atoms with Crippen molar-refractivity contribution >= 4 is 27.8 Å². The van der Waals surface area contributed by atoms with Crippen molar-refractivity contribution in [3.63, 3.8) is 0 Å². The maximum atomic E-state index is 12.2. The van der Waals surface area contributed by atoms with E-state index in [0.717, 1.165) is 6.08 Å². The number of alkyl halides is 2. The number of ether oxygens (including phenoxy) is 2. The molecule has 7 nitrogen and oxygen atoms in total. The van der Waals surface area contributed by atoms with Crippen molar-refractivity contribution in [3.05, 3.63) is 35.9 Å². The zero-order chi connectivity index (χ0) is 20.7. The second kappa shape index (κ2) is 9.63. The number of hydrogen-bond donors (Lipinski definition) is 0. The van der Waals surface area contributed by atoms with Crippen LogP contribution in [-0.4, -0.2) is 62.5 Å². The molecule has 0 spiro atoms. The van der Waals surface area contributed by atoms with E-state index in [1.165, 1.54) is 35.2 Å². The molecule has 2 rings (SSSR count). The lowest BCUT2D eigenvalue weighted by molar-refractivity contribution is -0.149. The number of sulfone groups is 1. The van der Waals surface area contributed by atoms with Gasteiger partial charge < -0.3 is 14.4 Å². The van der Waals surface area contributed by atoms with Gasteiger partial charge in [0.1, 0.15) is 5.75 Å². The van der Waals surface area contributed by atoms with Crippen molar-refractivity contribution in [1.82, 2.24) is 4.90 Å². The van der Waals surface area contributed by atoms with Crippen LogP contribution in [0.5, 0.6) is 5.75 Å². The summed E-state index contributed by atoms with van der Waals surface area (Å²) < 4.78 is 56.4. The topological polar surface area (TPSA) is 90.0 Å². The summed E-state index contributed by atoms with van der Waals surface area (Å²) in [6, 6.07) is 5.22. The first-order valence-electron chi connectivity index (χ1n) is 8.60. The Hall–Kier alpha value is -2.49. The molecular weight excluding hydrogens is 396 g/mol. The van der Waals surface area contributed by atoms with Gasteiger partial charge in [-0.25, -0.2) is 13.2 Å². The third-order valence-corrected chi connectivity index (χ3v) is 5.92. The van der Waals surface area contributed by atoms with Crippen molar-refractivity contribution in [2.45, 2.75) is 26.0 Å². The predicted octanol–water partition coefficient (Wildman–Crippen LogP) is 1.88. The van der Waals surface area contributed by atoms with Gasteiger partial charge >= 0.3 is 12.6 Å². The molecule has 10 heteroatoms. The van der Waals surface area contributed by atoms with Gasteiger partial charge in [0.05, 0.1) is 11.5 Å². The minimum Gasteiger partial charge on any atom is -0.452 e. The zero-order valence-corrected chi connectivity index (χ0v) is 16.0. The van der Waals surface area contributed by atoms with E-state index in [9.17, 15) is 26.8 Å². The Balaban J connectivity index is 1.83. The van der Waals surface area contributed by atoms with E-state index in [2.05, 4.69) is 4.74 Å². The minimum absolute atomic E-state index is 0.00564. The molecule has 0 unspecified atom stereocenters. The van der Waals surface area contributed by atoms with Gasteiger partial charge in [0.2, 0.25) is 0 Å². The van der Waals surface area contributed by atoms with Crippen LogP contribution in [0.4, 0.5) is 8.78 Å². The van der Waals surface area contributed by atoms with Gasteiger partial charge in [-0.3, -0.25) is 4.79 Å². The normalized spacial score (nSPS) is 18.4. The van der Waals surface area contributed by atoms with Crippen LogP contribution in [-0.2, 0) is 24.2 Å². The van der Waals surface area contributed by atoms with Crippen LogP contribution in [0.3, 0.4) is 0 Å². The van der Waals surface area contributed by atoms with E-state index in [-0.39, 0.29) is 17.3 Å². The molecule has 0 saturated carbocycles. The molecule has 1 atom stereocenters. The van der Waals surface area contributed by atoms with E-state index >= 15 is 0 Å². The summed E-state index contributed by atoms with van der Waals surface area (Å²) in [7, 11) is -3.13. The fraction of sp³-hybridized carbons (Fsp3) is 0.444. The maximum Gasteiger partial charge on any atom is 0.387 e. The average Bonchev–Trinajstić information content (AvgIpc) is 2.99. The number of esters is 1. The Labute approximate surface area is 161 Å². The number of amides is 1. The quantitative estimate of drug-likeness (QED) is 0.474. The first kappa shape index (κ1) is 21.8. The number of likely N-dealkylation sites (N-methyl/N-ethyl adjacent to an activating group) is 1. The highest BCUT2D eigenvalue weighted by Gasteiger charge is 2.34. The van der Waals surface area contributed by atoms with Crippen LogP contribution in [0.1, 0.15) is 18.9 Å². The van der Waals surface area contributed by atoms with Crippen LogP contribution < -0.4 is 4.74 Å². The van der Waals surface area contributed by atoms with Crippen molar-refractivity contribution in [2.24, 2.45) is 0 Å². The van der Waals surface area contributed by atoms with E-state index in [1.807, 2.05) is 0 Å². The summed E-state index contributed by atoms with van der Waals surface area (Å²) in [6.45, 7) is -1.36. The Bertz CT molecular complexity index is 823. The molecule has 0 bridgehead atoms. The van der Waals surface area contributed by atoms with Crippen molar-refractivity contribution in [1.29, 1.82) is 0 Å². The number of nitrogens with zero attached hydrogens (tertiary/aromatic N) is 1. The van der Waals surface area contributed by atoms with Crippen molar-refractivity contribution in [2.75, 3.05) is 24.7 Å². The molecule has 0 radical (unpaired) electrons. The second-order valence-electron chi connectivity index (χ2n) is 6.13. The molecule has 0 N–H and O–H groups in total.